The van der Waals surface area contributed by atoms with Crippen molar-refractivity contribution in [3.8, 4) is 0 Å². The molecule has 1 atom stereocenters. The Morgan fingerprint density at radius 3 is 2.70 bits per heavy atom. The number of rotatable bonds is 6. The number of aliphatic hydroxyl groups excluding tert-OH is 1. The number of hydrogen-bond acceptors (Lipinski definition) is 4. The van der Waals surface area contributed by atoms with E-state index in [9.17, 15) is 0 Å². The van der Waals surface area contributed by atoms with Gasteiger partial charge in [-0.1, -0.05) is 0 Å². The molecule has 0 bridgehead atoms. The molecule has 0 rings (SSSR count). The van der Waals surface area contributed by atoms with Crippen LogP contribution in [0.4, 0.5) is 0 Å². The highest BCUT2D eigenvalue weighted by molar-refractivity contribution is 4.63. The molecule has 0 amide bonds. The highest BCUT2D eigenvalue weighted by atomic mass is 16.3. The molecule has 0 fully saturated rings. The first-order chi connectivity index (χ1) is 4.81. The van der Waals surface area contributed by atoms with E-state index >= 15 is 0 Å². The Labute approximate surface area is 61.6 Å². The first kappa shape index (κ1) is 9.84. The summed E-state index contributed by atoms with van der Waals surface area (Å²) in [4.78, 5) is 0. The number of nitrogens with two attached hydrogens (primary N) is 2. The fourth-order valence-electron chi connectivity index (χ4n) is 0.657. The summed E-state index contributed by atoms with van der Waals surface area (Å²) in [6, 6.07) is 0.0524. The van der Waals surface area contributed by atoms with Crippen molar-refractivity contribution in [2.45, 2.75) is 12.5 Å². The summed E-state index contributed by atoms with van der Waals surface area (Å²) in [5.41, 5.74) is 10.8. The maximum Gasteiger partial charge on any atom is 0.0446 e. The molecule has 0 radical (unpaired) electrons. The quantitative estimate of drug-likeness (QED) is 0.335. The van der Waals surface area contributed by atoms with Gasteiger partial charge in [-0.25, -0.2) is 0 Å². The third-order valence-electron chi connectivity index (χ3n) is 1.23. The second-order valence-corrected chi connectivity index (χ2v) is 2.27. The summed E-state index contributed by atoms with van der Waals surface area (Å²) in [5, 5.41) is 11.5. The highest BCUT2D eigenvalue weighted by Gasteiger charge is 1.98. The molecule has 0 aliphatic rings. The molecule has 6 N–H and O–H groups in total. The average molecular weight is 147 g/mol. The molecule has 0 aromatic rings. The van der Waals surface area contributed by atoms with Crippen molar-refractivity contribution in [2.24, 2.45) is 11.5 Å². The minimum atomic E-state index is 0.0524. The zero-order chi connectivity index (χ0) is 7.82. The van der Waals surface area contributed by atoms with E-state index in [1.165, 1.54) is 0 Å². The summed E-state index contributed by atoms with van der Waals surface area (Å²) in [5.74, 6) is 0. The molecular weight excluding hydrogens is 130 g/mol. The van der Waals surface area contributed by atoms with E-state index in [1.54, 1.807) is 0 Å². The highest BCUT2D eigenvalue weighted by Crippen LogP contribution is 1.82. The van der Waals surface area contributed by atoms with Crippen molar-refractivity contribution >= 4 is 0 Å². The van der Waals surface area contributed by atoms with Gasteiger partial charge in [0.15, 0.2) is 0 Å². The van der Waals surface area contributed by atoms with Crippen LogP contribution >= 0.6 is 0 Å². The fraction of sp³-hybridized carbons (Fsp3) is 1.00. The van der Waals surface area contributed by atoms with E-state index in [4.69, 9.17) is 16.6 Å². The summed E-state index contributed by atoms with van der Waals surface area (Å²) in [7, 11) is 0. The molecule has 0 saturated carbocycles. The third-order valence-corrected chi connectivity index (χ3v) is 1.23. The van der Waals surface area contributed by atoms with Gasteiger partial charge < -0.3 is 21.9 Å². The van der Waals surface area contributed by atoms with Crippen molar-refractivity contribution < 1.29 is 5.11 Å². The first-order valence-corrected chi connectivity index (χ1v) is 3.58. The van der Waals surface area contributed by atoms with Crippen LogP contribution in [0.5, 0.6) is 0 Å². The minimum Gasteiger partial charge on any atom is -0.396 e. The monoisotopic (exact) mass is 147 g/mol. The van der Waals surface area contributed by atoms with Crippen LogP contribution in [0.3, 0.4) is 0 Å². The molecule has 0 saturated heterocycles. The van der Waals surface area contributed by atoms with Gasteiger partial charge in [0.2, 0.25) is 0 Å². The number of aliphatic hydroxyl groups is 1. The summed E-state index contributed by atoms with van der Waals surface area (Å²) >= 11 is 0. The molecular formula is C6H17N3O. The molecule has 0 aromatic carbocycles. The maximum atomic E-state index is 8.46. The lowest BCUT2D eigenvalue weighted by molar-refractivity contribution is 0.274. The number of hydrogen-bond donors (Lipinski definition) is 4. The molecule has 4 nitrogen and oxygen atoms in total. The normalized spacial score (nSPS) is 13.5. The third kappa shape index (κ3) is 5.97. The van der Waals surface area contributed by atoms with Gasteiger partial charge in [-0.15, -0.1) is 0 Å². The second kappa shape index (κ2) is 6.95. The van der Waals surface area contributed by atoms with Crippen molar-refractivity contribution in [3.63, 3.8) is 0 Å². The van der Waals surface area contributed by atoms with E-state index in [-0.39, 0.29) is 12.6 Å². The fourth-order valence-corrected chi connectivity index (χ4v) is 0.657. The molecule has 0 aliphatic heterocycles. The topological polar surface area (TPSA) is 84.3 Å². The van der Waals surface area contributed by atoms with Crippen LogP contribution in [-0.2, 0) is 0 Å². The molecule has 0 aliphatic carbocycles. The lowest BCUT2D eigenvalue weighted by atomic mass is 10.2. The summed E-state index contributed by atoms with van der Waals surface area (Å²) in [6.45, 7) is 2.31. The lowest BCUT2D eigenvalue weighted by Crippen LogP contribution is -2.36. The smallest absolute Gasteiger partial charge is 0.0446 e. The molecule has 1 unspecified atom stereocenters. The van der Waals surface area contributed by atoms with E-state index in [1.807, 2.05) is 0 Å². The Morgan fingerprint density at radius 2 is 2.20 bits per heavy atom. The van der Waals surface area contributed by atoms with Crippen LogP contribution in [0.2, 0.25) is 0 Å². The van der Waals surface area contributed by atoms with Gasteiger partial charge in [-0.05, 0) is 6.42 Å². The molecule has 0 aromatic heterocycles. The van der Waals surface area contributed by atoms with Crippen LogP contribution in [-0.4, -0.2) is 37.4 Å². The predicted octanol–water partition coefficient (Wildman–Crippen LogP) is -1.76. The van der Waals surface area contributed by atoms with Gasteiger partial charge in [0, 0.05) is 32.3 Å². The Balaban J connectivity index is 2.97. The molecule has 4 heteroatoms. The average Bonchev–Trinajstić information content (AvgIpc) is 1.89. The Bertz CT molecular complexity index is 70.0. The largest absolute Gasteiger partial charge is 0.396 e. The Hall–Kier alpha value is -0.160. The SMILES string of the molecule is NCCNCC(N)CCO. The predicted molar refractivity (Wildman–Crippen MR) is 41.6 cm³/mol. The van der Waals surface area contributed by atoms with Crippen LogP contribution in [0.25, 0.3) is 0 Å². The van der Waals surface area contributed by atoms with Gasteiger partial charge in [-0.3, -0.25) is 0 Å². The minimum absolute atomic E-state index is 0.0524. The maximum absolute atomic E-state index is 8.46. The van der Waals surface area contributed by atoms with Gasteiger partial charge in [0.05, 0.1) is 0 Å². The zero-order valence-electron chi connectivity index (χ0n) is 6.21. The van der Waals surface area contributed by atoms with E-state index < -0.39 is 0 Å². The van der Waals surface area contributed by atoms with Crippen LogP contribution in [0.15, 0.2) is 0 Å². The summed E-state index contributed by atoms with van der Waals surface area (Å²) < 4.78 is 0. The van der Waals surface area contributed by atoms with Crippen molar-refractivity contribution in [3.05, 3.63) is 0 Å². The van der Waals surface area contributed by atoms with Crippen LogP contribution in [0, 0.1) is 0 Å². The molecule has 10 heavy (non-hydrogen) atoms. The van der Waals surface area contributed by atoms with Crippen molar-refractivity contribution in [1.29, 1.82) is 0 Å². The zero-order valence-corrected chi connectivity index (χ0v) is 6.21. The Morgan fingerprint density at radius 1 is 1.50 bits per heavy atom. The van der Waals surface area contributed by atoms with Gasteiger partial charge in [0.1, 0.15) is 0 Å². The number of nitrogens with one attached hydrogen (secondary N) is 1. The van der Waals surface area contributed by atoms with Gasteiger partial charge in [0.25, 0.3) is 0 Å². The van der Waals surface area contributed by atoms with Crippen LogP contribution < -0.4 is 16.8 Å². The Kier molecular flexibility index (Phi) is 6.84. The second-order valence-electron chi connectivity index (χ2n) is 2.27. The molecule has 0 spiro atoms. The molecule has 62 valence electrons. The first-order valence-electron chi connectivity index (χ1n) is 3.58. The standard InChI is InChI=1S/C6H17N3O/c7-2-3-9-5-6(8)1-4-10/h6,9-10H,1-5,7-8H2. The van der Waals surface area contributed by atoms with Crippen molar-refractivity contribution in [1.82, 2.24) is 5.32 Å². The molecule has 0 heterocycles. The van der Waals surface area contributed by atoms with Crippen LogP contribution in [0.1, 0.15) is 6.42 Å². The van der Waals surface area contributed by atoms with E-state index in [2.05, 4.69) is 5.32 Å². The van der Waals surface area contributed by atoms with Crippen molar-refractivity contribution in [2.75, 3.05) is 26.2 Å². The lowest BCUT2D eigenvalue weighted by Gasteiger charge is -2.09. The van der Waals surface area contributed by atoms with E-state index in [0.717, 1.165) is 13.1 Å². The summed E-state index contributed by atoms with van der Waals surface area (Å²) in [6.07, 6.45) is 0.650. The van der Waals surface area contributed by atoms with E-state index in [0.29, 0.717) is 13.0 Å². The van der Waals surface area contributed by atoms with Gasteiger partial charge in [-0.2, -0.15) is 0 Å². The van der Waals surface area contributed by atoms with Gasteiger partial charge >= 0.3 is 0 Å².